The monoisotopic (exact) mass is 419 g/mol. The molecule has 2 aromatic carbocycles. The molecule has 0 aliphatic heterocycles. The Hall–Kier alpha value is -3.67. The molecule has 31 heavy (non-hydrogen) atoms. The highest BCUT2D eigenvalue weighted by Gasteiger charge is 2.19. The molecule has 0 bridgehead atoms. The summed E-state index contributed by atoms with van der Waals surface area (Å²) in [7, 11) is 0. The van der Waals surface area contributed by atoms with E-state index < -0.39 is 11.9 Å². The van der Waals surface area contributed by atoms with Gasteiger partial charge in [0.1, 0.15) is 0 Å². The normalized spacial score (nSPS) is 10.6. The van der Waals surface area contributed by atoms with Crippen LogP contribution < -0.4 is 5.32 Å². The maximum absolute atomic E-state index is 12.7. The number of hydrogen-bond donors (Lipinski definition) is 1. The highest BCUT2D eigenvalue weighted by molar-refractivity contribution is 6.04. The fourth-order valence-electron chi connectivity index (χ4n) is 3.48. The van der Waals surface area contributed by atoms with Crippen LogP contribution in [0.15, 0.2) is 47.1 Å². The first kappa shape index (κ1) is 22.0. The second-order valence-corrected chi connectivity index (χ2v) is 7.60. The molecule has 0 radical (unpaired) electrons. The van der Waals surface area contributed by atoms with E-state index in [-0.39, 0.29) is 23.7 Å². The fraction of sp³-hybridized carbons (Fsp3) is 0.240. The number of aryl methyl sites for hydroxylation is 3. The van der Waals surface area contributed by atoms with E-state index in [9.17, 15) is 14.4 Å². The number of esters is 1. The largest absolute Gasteiger partial charge is 0.459 e. The molecule has 3 rings (SSSR count). The smallest absolute Gasteiger partial charge is 0.338 e. The number of furan rings is 1. The van der Waals surface area contributed by atoms with E-state index in [0.717, 1.165) is 27.8 Å². The molecule has 3 aromatic rings. The molecule has 0 aliphatic rings. The Balaban J connectivity index is 1.72. The van der Waals surface area contributed by atoms with E-state index in [2.05, 4.69) is 5.32 Å². The third kappa shape index (κ3) is 4.74. The zero-order chi connectivity index (χ0) is 22.7. The number of carbonyl (C=O) groups excluding carboxylic acids is 3. The Morgan fingerprint density at radius 1 is 0.903 bits per heavy atom. The minimum atomic E-state index is -0.638. The summed E-state index contributed by atoms with van der Waals surface area (Å²) in [5.41, 5.74) is 5.99. The van der Waals surface area contributed by atoms with E-state index >= 15 is 0 Å². The molecule has 6 nitrogen and oxygen atoms in total. The van der Waals surface area contributed by atoms with Crippen LogP contribution >= 0.6 is 0 Å². The molecular formula is C25H25NO5. The van der Waals surface area contributed by atoms with Crippen LogP contribution in [0.25, 0.3) is 0 Å². The van der Waals surface area contributed by atoms with Crippen LogP contribution in [0.4, 0.5) is 5.69 Å². The van der Waals surface area contributed by atoms with Crippen molar-refractivity contribution in [1.82, 2.24) is 0 Å². The fourth-order valence-corrected chi connectivity index (χ4v) is 3.48. The van der Waals surface area contributed by atoms with Crippen LogP contribution in [0, 0.1) is 34.6 Å². The van der Waals surface area contributed by atoms with Gasteiger partial charge in [0, 0.05) is 11.3 Å². The van der Waals surface area contributed by atoms with Gasteiger partial charge in [0.2, 0.25) is 5.78 Å². The maximum atomic E-state index is 12.7. The van der Waals surface area contributed by atoms with Crippen molar-refractivity contribution in [1.29, 1.82) is 0 Å². The van der Waals surface area contributed by atoms with Gasteiger partial charge in [0.15, 0.2) is 12.4 Å². The Morgan fingerprint density at radius 2 is 1.65 bits per heavy atom. The molecule has 160 valence electrons. The first-order valence-electron chi connectivity index (χ1n) is 9.92. The summed E-state index contributed by atoms with van der Waals surface area (Å²) in [6, 6.07) is 9.95. The van der Waals surface area contributed by atoms with Crippen molar-refractivity contribution in [3.05, 3.63) is 87.4 Å². The molecule has 0 fully saturated rings. The van der Waals surface area contributed by atoms with Crippen molar-refractivity contribution in [3.8, 4) is 0 Å². The van der Waals surface area contributed by atoms with Crippen LogP contribution in [0.2, 0.25) is 0 Å². The Bertz CT molecular complexity index is 1160. The van der Waals surface area contributed by atoms with Gasteiger partial charge in [-0.2, -0.15) is 0 Å². The number of Topliss-reactive ketones (excluding diaryl/α,β-unsaturated/α-hetero) is 1. The quantitative estimate of drug-likeness (QED) is 0.443. The molecule has 0 spiro atoms. The van der Waals surface area contributed by atoms with Crippen LogP contribution in [0.1, 0.15) is 59.1 Å². The molecule has 1 heterocycles. The van der Waals surface area contributed by atoms with Crippen LogP contribution in [0.3, 0.4) is 0 Å². The van der Waals surface area contributed by atoms with E-state index in [0.29, 0.717) is 11.3 Å². The van der Waals surface area contributed by atoms with E-state index in [1.54, 1.807) is 24.3 Å². The van der Waals surface area contributed by atoms with Gasteiger partial charge in [-0.3, -0.25) is 9.59 Å². The number of benzene rings is 2. The zero-order valence-corrected chi connectivity index (χ0v) is 18.3. The van der Waals surface area contributed by atoms with E-state index in [1.165, 1.54) is 12.3 Å². The lowest BCUT2D eigenvalue weighted by Gasteiger charge is -2.14. The molecule has 0 aliphatic carbocycles. The predicted molar refractivity (Wildman–Crippen MR) is 118 cm³/mol. The van der Waals surface area contributed by atoms with E-state index in [4.69, 9.17) is 9.15 Å². The topological polar surface area (TPSA) is 85.6 Å². The summed E-state index contributed by atoms with van der Waals surface area (Å²) < 4.78 is 10.4. The van der Waals surface area contributed by atoms with Crippen LogP contribution in [0.5, 0.6) is 0 Å². The summed E-state index contributed by atoms with van der Waals surface area (Å²) in [6.07, 6.45) is 1.41. The standard InChI is InChI=1S/C25H25NO5/c1-14-8-9-19(12-20(14)26-24(28)22-7-6-10-30-22)25(29)31-13-21(27)23-16(3)11-15(2)17(4)18(23)5/h6-12H,13H2,1-5H3,(H,26,28). The maximum Gasteiger partial charge on any atom is 0.338 e. The molecule has 0 unspecified atom stereocenters. The summed E-state index contributed by atoms with van der Waals surface area (Å²) >= 11 is 0. The summed E-state index contributed by atoms with van der Waals surface area (Å²) in [5, 5.41) is 2.72. The molecule has 0 saturated heterocycles. The van der Waals surface area contributed by atoms with E-state index in [1.807, 2.05) is 40.7 Å². The lowest BCUT2D eigenvalue weighted by molar-refractivity contribution is 0.0474. The van der Waals surface area contributed by atoms with Gasteiger partial charge < -0.3 is 14.5 Å². The summed E-state index contributed by atoms with van der Waals surface area (Å²) in [4.78, 5) is 37.5. The highest BCUT2D eigenvalue weighted by Crippen LogP contribution is 2.23. The number of amides is 1. The number of anilines is 1. The molecule has 1 aromatic heterocycles. The Kier molecular flexibility index (Phi) is 6.39. The number of rotatable bonds is 6. The zero-order valence-electron chi connectivity index (χ0n) is 18.3. The molecule has 1 amide bonds. The molecular weight excluding hydrogens is 394 g/mol. The second kappa shape index (κ2) is 9.00. The van der Waals surface area contributed by atoms with Crippen LogP contribution in [-0.4, -0.2) is 24.3 Å². The van der Waals surface area contributed by atoms with Crippen molar-refractivity contribution in [2.45, 2.75) is 34.6 Å². The van der Waals surface area contributed by atoms with Crippen molar-refractivity contribution in [2.24, 2.45) is 0 Å². The van der Waals surface area contributed by atoms with Gasteiger partial charge in [-0.15, -0.1) is 0 Å². The third-order valence-electron chi connectivity index (χ3n) is 5.44. The van der Waals surface area contributed by atoms with Gasteiger partial charge in [-0.1, -0.05) is 12.1 Å². The average Bonchev–Trinajstić information content (AvgIpc) is 3.27. The van der Waals surface area contributed by atoms with Crippen molar-refractivity contribution in [2.75, 3.05) is 11.9 Å². The number of hydrogen-bond acceptors (Lipinski definition) is 5. The minimum absolute atomic E-state index is 0.164. The Morgan fingerprint density at radius 3 is 2.32 bits per heavy atom. The summed E-state index contributed by atoms with van der Waals surface area (Å²) in [6.45, 7) is 9.20. The van der Waals surface area contributed by atoms with Gasteiger partial charge in [0.25, 0.3) is 5.91 Å². The number of ketones is 1. The van der Waals surface area contributed by atoms with Crippen molar-refractivity contribution < 1.29 is 23.5 Å². The number of ether oxygens (including phenoxy) is 1. The third-order valence-corrected chi connectivity index (χ3v) is 5.44. The van der Waals surface area contributed by atoms with Gasteiger partial charge in [-0.05, 0) is 86.7 Å². The first-order chi connectivity index (χ1) is 14.7. The van der Waals surface area contributed by atoms with Gasteiger partial charge in [0.05, 0.1) is 11.8 Å². The highest BCUT2D eigenvalue weighted by atomic mass is 16.5. The van der Waals surface area contributed by atoms with Gasteiger partial charge in [-0.25, -0.2) is 4.79 Å². The lowest BCUT2D eigenvalue weighted by Crippen LogP contribution is -2.17. The van der Waals surface area contributed by atoms with Crippen molar-refractivity contribution >= 4 is 23.3 Å². The number of nitrogens with one attached hydrogen (secondary N) is 1. The minimum Gasteiger partial charge on any atom is -0.459 e. The first-order valence-corrected chi connectivity index (χ1v) is 9.92. The molecule has 0 atom stereocenters. The van der Waals surface area contributed by atoms with Crippen LogP contribution in [-0.2, 0) is 4.74 Å². The summed E-state index contributed by atoms with van der Waals surface area (Å²) in [5.74, 6) is -1.14. The van der Waals surface area contributed by atoms with Crippen molar-refractivity contribution in [3.63, 3.8) is 0 Å². The SMILES string of the molecule is Cc1ccc(C(=O)OCC(=O)c2c(C)cc(C)c(C)c2C)cc1NC(=O)c1ccco1. The predicted octanol–water partition coefficient (Wildman–Crippen LogP) is 5.11. The lowest BCUT2D eigenvalue weighted by atomic mass is 9.92. The molecule has 1 N–H and O–H groups in total. The molecule has 6 heteroatoms. The number of carbonyl (C=O) groups is 3. The second-order valence-electron chi connectivity index (χ2n) is 7.60. The molecule has 0 saturated carbocycles. The van der Waals surface area contributed by atoms with Gasteiger partial charge >= 0.3 is 5.97 Å². The average molecular weight is 419 g/mol. The Labute approximate surface area is 181 Å².